The molecule has 0 saturated carbocycles. The monoisotopic (exact) mass is 335 g/mol. The summed E-state index contributed by atoms with van der Waals surface area (Å²) in [6.07, 6.45) is 1.65. The van der Waals surface area contributed by atoms with Gasteiger partial charge < -0.3 is 5.32 Å². The molecular formula is C20H17NO2S. The number of hydrogen-bond donors (Lipinski definition) is 1. The molecule has 1 heterocycles. The van der Waals surface area contributed by atoms with E-state index in [1.807, 2.05) is 54.6 Å². The molecule has 4 heteroatoms. The SMILES string of the molecule is O=Cc1ccc(-c2csc(CCNC(=O)c3ccccc3)c2)cc1. The number of carbonyl (C=O) groups is 2. The Labute approximate surface area is 145 Å². The first-order chi connectivity index (χ1) is 11.8. The number of benzene rings is 2. The maximum atomic E-state index is 12.0. The number of thiophene rings is 1. The molecule has 0 aliphatic heterocycles. The van der Waals surface area contributed by atoms with Gasteiger partial charge >= 0.3 is 0 Å². The van der Waals surface area contributed by atoms with Crippen LogP contribution < -0.4 is 5.32 Å². The topological polar surface area (TPSA) is 46.2 Å². The highest BCUT2D eigenvalue weighted by atomic mass is 32.1. The minimum absolute atomic E-state index is 0.0446. The number of aldehydes is 1. The standard InChI is InChI=1S/C20H17NO2S/c22-13-15-6-8-16(9-7-15)18-12-19(24-14-18)10-11-21-20(23)17-4-2-1-3-5-17/h1-9,12-14H,10-11H2,(H,21,23). The number of carbonyl (C=O) groups excluding carboxylic acids is 2. The molecule has 0 aliphatic rings. The van der Waals surface area contributed by atoms with Crippen molar-refractivity contribution >= 4 is 23.5 Å². The van der Waals surface area contributed by atoms with Gasteiger partial charge in [-0.3, -0.25) is 9.59 Å². The number of rotatable bonds is 6. The van der Waals surface area contributed by atoms with E-state index in [1.54, 1.807) is 11.3 Å². The van der Waals surface area contributed by atoms with Crippen LogP contribution in [0.3, 0.4) is 0 Å². The van der Waals surface area contributed by atoms with E-state index in [9.17, 15) is 9.59 Å². The lowest BCUT2D eigenvalue weighted by molar-refractivity contribution is 0.0954. The summed E-state index contributed by atoms with van der Waals surface area (Å²) in [6, 6.07) is 18.9. The maximum absolute atomic E-state index is 12.0. The quantitative estimate of drug-likeness (QED) is 0.686. The molecule has 24 heavy (non-hydrogen) atoms. The second-order valence-electron chi connectivity index (χ2n) is 5.41. The van der Waals surface area contributed by atoms with E-state index in [-0.39, 0.29) is 5.91 Å². The zero-order valence-corrected chi connectivity index (χ0v) is 13.9. The minimum atomic E-state index is -0.0446. The normalized spacial score (nSPS) is 10.3. The van der Waals surface area contributed by atoms with Gasteiger partial charge in [-0.05, 0) is 41.1 Å². The van der Waals surface area contributed by atoms with Gasteiger partial charge in [0.2, 0.25) is 0 Å². The third kappa shape index (κ3) is 3.97. The second kappa shape index (κ2) is 7.70. The Morgan fingerprint density at radius 1 is 1.00 bits per heavy atom. The van der Waals surface area contributed by atoms with Crippen molar-refractivity contribution in [3.05, 3.63) is 82.0 Å². The first-order valence-corrected chi connectivity index (χ1v) is 8.60. The van der Waals surface area contributed by atoms with E-state index in [0.717, 1.165) is 23.8 Å². The maximum Gasteiger partial charge on any atom is 0.251 e. The molecule has 0 radical (unpaired) electrons. The Hall–Kier alpha value is -2.72. The molecule has 0 bridgehead atoms. The summed E-state index contributed by atoms with van der Waals surface area (Å²) >= 11 is 1.68. The molecule has 2 aromatic carbocycles. The van der Waals surface area contributed by atoms with Crippen LogP contribution in [-0.4, -0.2) is 18.7 Å². The summed E-state index contributed by atoms with van der Waals surface area (Å²) in [5, 5.41) is 5.04. The van der Waals surface area contributed by atoms with E-state index in [2.05, 4.69) is 16.8 Å². The van der Waals surface area contributed by atoms with Crippen LogP contribution in [-0.2, 0) is 6.42 Å². The van der Waals surface area contributed by atoms with Gasteiger partial charge in [-0.1, -0.05) is 42.5 Å². The molecule has 3 aromatic rings. The van der Waals surface area contributed by atoms with Gasteiger partial charge in [0, 0.05) is 22.5 Å². The third-order valence-electron chi connectivity index (χ3n) is 3.73. The molecule has 0 spiro atoms. The summed E-state index contributed by atoms with van der Waals surface area (Å²) in [5.41, 5.74) is 3.59. The summed E-state index contributed by atoms with van der Waals surface area (Å²) < 4.78 is 0. The Balaban J connectivity index is 1.56. The van der Waals surface area contributed by atoms with Crippen LogP contribution in [0.5, 0.6) is 0 Å². The smallest absolute Gasteiger partial charge is 0.251 e. The van der Waals surface area contributed by atoms with Crippen molar-refractivity contribution in [3.8, 4) is 11.1 Å². The fourth-order valence-electron chi connectivity index (χ4n) is 2.41. The highest BCUT2D eigenvalue weighted by Crippen LogP contribution is 2.26. The van der Waals surface area contributed by atoms with Crippen LogP contribution >= 0.6 is 11.3 Å². The van der Waals surface area contributed by atoms with Gasteiger partial charge in [-0.25, -0.2) is 0 Å². The molecule has 120 valence electrons. The van der Waals surface area contributed by atoms with Gasteiger partial charge in [0.25, 0.3) is 5.91 Å². The van der Waals surface area contributed by atoms with Crippen LogP contribution in [0.4, 0.5) is 0 Å². The third-order valence-corrected chi connectivity index (χ3v) is 4.72. The minimum Gasteiger partial charge on any atom is -0.352 e. The van der Waals surface area contributed by atoms with Crippen molar-refractivity contribution in [2.24, 2.45) is 0 Å². The van der Waals surface area contributed by atoms with Crippen molar-refractivity contribution < 1.29 is 9.59 Å². The summed E-state index contributed by atoms with van der Waals surface area (Å²) in [5.74, 6) is -0.0446. The predicted molar refractivity (Wildman–Crippen MR) is 97.6 cm³/mol. The fraction of sp³-hybridized carbons (Fsp3) is 0.100. The molecule has 0 atom stereocenters. The Morgan fingerprint density at radius 3 is 2.46 bits per heavy atom. The zero-order valence-electron chi connectivity index (χ0n) is 13.1. The number of hydrogen-bond acceptors (Lipinski definition) is 3. The summed E-state index contributed by atoms with van der Waals surface area (Å²) in [7, 11) is 0. The number of nitrogens with one attached hydrogen (secondary N) is 1. The van der Waals surface area contributed by atoms with Crippen LogP contribution in [0.1, 0.15) is 25.6 Å². The second-order valence-corrected chi connectivity index (χ2v) is 6.41. The molecule has 0 saturated heterocycles. The van der Waals surface area contributed by atoms with E-state index < -0.39 is 0 Å². The van der Waals surface area contributed by atoms with Crippen molar-refractivity contribution in [2.45, 2.75) is 6.42 Å². The van der Waals surface area contributed by atoms with Crippen molar-refractivity contribution in [3.63, 3.8) is 0 Å². The van der Waals surface area contributed by atoms with Gasteiger partial charge in [-0.15, -0.1) is 11.3 Å². The Bertz CT molecular complexity index is 822. The molecule has 3 nitrogen and oxygen atoms in total. The van der Waals surface area contributed by atoms with E-state index >= 15 is 0 Å². The van der Waals surface area contributed by atoms with Gasteiger partial charge in [-0.2, -0.15) is 0 Å². The number of amides is 1. The lowest BCUT2D eigenvalue weighted by Crippen LogP contribution is -2.25. The molecular weight excluding hydrogens is 318 g/mol. The molecule has 0 aliphatic carbocycles. The lowest BCUT2D eigenvalue weighted by Gasteiger charge is -2.03. The van der Waals surface area contributed by atoms with Crippen molar-refractivity contribution in [1.29, 1.82) is 0 Å². The van der Waals surface area contributed by atoms with Crippen LogP contribution in [0.15, 0.2) is 66.0 Å². The summed E-state index contributed by atoms with van der Waals surface area (Å²) in [6.45, 7) is 0.609. The van der Waals surface area contributed by atoms with Crippen LogP contribution in [0, 0.1) is 0 Å². The van der Waals surface area contributed by atoms with Crippen molar-refractivity contribution in [1.82, 2.24) is 5.32 Å². The lowest BCUT2D eigenvalue weighted by atomic mass is 10.1. The molecule has 0 unspecified atom stereocenters. The molecule has 1 N–H and O–H groups in total. The highest BCUT2D eigenvalue weighted by molar-refractivity contribution is 7.10. The van der Waals surface area contributed by atoms with Crippen LogP contribution in [0.2, 0.25) is 0 Å². The first kappa shape index (κ1) is 16.1. The Kier molecular flexibility index (Phi) is 5.18. The largest absolute Gasteiger partial charge is 0.352 e. The highest BCUT2D eigenvalue weighted by Gasteiger charge is 2.06. The molecule has 1 amide bonds. The summed E-state index contributed by atoms with van der Waals surface area (Å²) in [4.78, 5) is 23.9. The van der Waals surface area contributed by atoms with Crippen molar-refractivity contribution in [2.75, 3.05) is 6.54 Å². The van der Waals surface area contributed by atoms with Crippen LogP contribution in [0.25, 0.3) is 11.1 Å². The average molecular weight is 335 g/mol. The Morgan fingerprint density at radius 2 is 1.75 bits per heavy atom. The van der Waals surface area contributed by atoms with E-state index in [4.69, 9.17) is 0 Å². The zero-order chi connectivity index (χ0) is 16.8. The molecule has 0 fully saturated rings. The van der Waals surface area contributed by atoms with E-state index in [1.165, 1.54) is 4.88 Å². The van der Waals surface area contributed by atoms with Gasteiger partial charge in [0.05, 0.1) is 0 Å². The first-order valence-electron chi connectivity index (χ1n) is 7.72. The van der Waals surface area contributed by atoms with E-state index in [0.29, 0.717) is 17.7 Å². The predicted octanol–water partition coefficient (Wildman–Crippen LogP) is 4.20. The van der Waals surface area contributed by atoms with Gasteiger partial charge in [0.1, 0.15) is 6.29 Å². The molecule has 1 aromatic heterocycles. The molecule has 3 rings (SSSR count). The van der Waals surface area contributed by atoms with Gasteiger partial charge in [0.15, 0.2) is 0 Å². The average Bonchev–Trinajstić information content (AvgIpc) is 3.11. The fourth-order valence-corrected chi connectivity index (χ4v) is 3.31.